The van der Waals surface area contributed by atoms with E-state index >= 15 is 0 Å². The zero-order valence-corrected chi connectivity index (χ0v) is 20.7. The Bertz CT molecular complexity index is 1270. The fourth-order valence-electron chi connectivity index (χ4n) is 3.91. The monoisotopic (exact) mass is 488 g/mol. The third kappa shape index (κ3) is 6.95. The van der Waals surface area contributed by atoms with Crippen molar-refractivity contribution >= 4 is 27.9 Å². The molecule has 0 bridgehead atoms. The summed E-state index contributed by atoms with van der Waals surface area (Å²) >= 11 is 0. The maximum Gasteiger partial charge on any atom is 0.341 e. The van der Waals surface area contributed by atoms with Gasteiger partial charge in [0.1, 0.15) is 16.4 Å². The van der Waals surface area contributed by atoms with E-state index in [1.807, 2.05) is 27.7 Å². The fourth-order valence-corrected chi connectivity index (χ4v) is 5.02. The molecule has 0 spiro atoms. The maximum atomic E-state index is 12.6. The standard InChI is InChI=1S/C26H32O7S/c1-6-7-19-10-13-21(25(34(30,31)32)24(19)22(27)14-17(2)3)26(4,5)15-18-8-11-20(12-9-18)33-16-23(28)29/h6-13,17,27H,1,14-16H2,2-5H3,(H,28,29)(H,30,31,32)/b19-7-,24-22-. The predicted molar refractivity (Wildman–Crippen MR) is 132 cm³/mol. The van der Waals surface area contributed by atoms with Gasteiger partial charge in [0.05, 0.1) is 0 Å². The van der Waals surface area contributed by atoms with E-state index in [2.05, 4.69) is 6.58 Å². The molecular weight excluding hydrogens is 456 g/mol. The number of aliphatic hydroxyl groups excluding tert-OH is 1. The number of carboxylic acid groups (broad SMARTS) is 1. The van der Waals surface area contributed by atoms with Crippen molar-refractivity contribution < 1.29 is 32.7 Å². The van der Waals surface area contributed by atoms with E-state index in [1.54, 1.807) is 42.5 Å². The molecule has 0 fully saturated rings. The molecule has 3 N–H and O–H groups in total. The summed E-state index contributed by atoms with van der Waals surface area (Å²) in [6.07, 6.45) is 3.73. The first-order valence-corrected chi connectivity index (χ1v) is 12.3. The molecule has 184 valence electrons. The number of hydrogen-bond acceptors (Lipinski definition) is 5. The van der Waals surface area contributed by atoms with Crippen LogP contribution in [-0.2, 0) is 26.7 Å². The SMILES string of the molecule is C=C/C=c1/ccc(C(C)(C)Cc2ccc(OCC(=O)O)cc2)c(S(=O)(=O)O)/c1=C(\O)CC(C)C. The number of benzene rings is 2. The third-order valence-corrected chi connectivity index (χ3v) is 6.24. The number of hydrogen-bond donors (Lipinski definition) is 3. The van der Waals surface area contributed by atoms with E-state index in [0.717, 1.165) is 5.56 Å². The molecule has 2 rings (SSSR count). The van der Waals surface area contributed by atoms with Crippen molar-refractivity contribution in [1.29, 1.82) is 0 Å². The molecule has 2 aromatic carbocycles. The summed E-state index contributed by atoms with van der Waals surface area (Å²) in [7, 11) is -4.69. The normalized spacial score (nSPS) is 13.6. The molecule has 0 saturated heterocycles. The number of ether oxygens (including phenoxy) is 1. The van der Waals surface area contributed by atoms with Gasteiger partial charge in [-0.2, -0.15) is 8.42 Å². The Kier molecular flexibility index (Phi) is 8.69. The van der Waals surface area contributed by atoms with Crippen LogP contribution in [0.5, 0.6) is 5.75 Å². The zero-order chi connectivity index (χ0) is 25.7. The Hall–Kier alpha value is -3.10. The number of rotatable bonds is 10. The molecule has 2 aromatic rings. The lowest BCUT2D eigenvalue weighted by atomic mass is 9.78. The van der Waals surface area contributed by atoms with Gasteiger partial charge in [0, 0.05) is 11.6 Å². The van der Waals surface area contributed by atoms with Crippen molar-refractivity contribution in [1.82, 2.24) is 0 Å². The molecule has 0 aliphatic rings. The van der Waals surface area contributed by atoms with Crippen molar-refractivity contribution in [3.05, 3.63) is 70.6 Å². The van der Waals surface area contributed by atoms with E-state index in [4.69, 9.17) is 9.84 Å². The lowest BCUT2D eigenvalue weighted by Gasteiger charge is -2.28. The van der Waals surface area contributed by atoms with Gasteiger partial charge in [-0.05, 0) is 46.2 Å². The van der Waals surface area contributed by atoms with Crippen LogP contribution in [-0.4, -0.2) is 35.8 Å². The first-order chi connectivity index (χ1) is 15.8. The summed E-state index contributed by atoms with van der Waals surface area (Å²) in [6.45, 7) is 10.7. The second kappa shape index (κ2) is 10.9. The first-order valence-electron chi connectivity index (χ1n) is 10.9. The molecule has 34 heavy (non-hydrogen) atoms. The molecule has 0 aliphatic carbocycles. The van der Waals surface area contributed by atoms with Crippen LogP contribution < -0.4 is 15.2 Å². The lowest BCUT2D eigenvalue weighted by Crippen LogP contribution is -2.37. The molecule has 8 heteroatoms. The van der Waals surface area contributed by atoms with E-state index in [9.17, 15) is 22.9 Å². The highest BCUT2D eigenvalue weighted by atomic mass is 32.2. The lowest BCUT2D eigenvalue weighted by molar-refractivity contribution is -0.139. The Morgan fingerprint density at radius 2 is 1.74 bits per heavy atom. The van der Waals surface area contributed by atoms with Crippen LogP contribution in [0.15, 0.2) is 53.9 Å². The number of aliphatic carboxylic acids is 1. The molecule has 0 radical (unpaired) electrons. The van der Waals surface area contributed by atoms with Gasteiger partial charge < -0.3 is 14.9 Å². The minimum atomic E-state index is -4.69. The van der Waals surface area contributed by atoms with Gasteiger partial charge in [-0.1, -0.05) is 70.7 Å². The Labute approximate surface area is 200 Å². The van der Waals surface area contributed by atoms with Gasteiger partial charge in [-0.15, -0.1) is 0 Å². The minimum Gasteiger partial charge on any atom is -0.512 e. The number of carbonyl (C=O) groups is 1. The van der Waals surface area contributed by atoms with E-state index in [-0.39, 0.29) is 28.2 Å². The van der Waals surface area contributed by atoms with Gasteiger partial charge in [-0.3, -0.25) is 4.55 Å². The van der Waals surface area contributed by atoms with Crippen LogP contribution in [0.1, 0.15) is 45.2 Å². The second-order valence-corrected chi connectivity index (χ2v) is 10.6. The fraction of sp³-hybridized carbons (Fsp3) is 0.346. The first kappa shape index (κ1) is 27.1. The molecule has 0 aromatic heterocycles. The van der Waals surface area contributed by atoms with E-state index in [0.29, 0.717) is 23.0 Å². The topological polar surface area (TPSA) is 121 Å². The Morgan fingerprint density at radius 3 is 2.24 bits per heavy atom. The highest BCUT2D eigenvalue weighted by Gasteiger charge is 2.30. The van der Waals surface area contributed by atoms with Crippen LogP contribution in [0, 0.1) is 5.92 Å². The Balaban J connectivity index is 2.67. The number of aliphatic hydroxyl groups is 1. The minimum absolute atomic E-state index is 0.0596. The van der Waals surface area contributed by atoms with Crippen LogP contribution in [0.2, 0.25) is 0 Å². The van der Waals surface area contributed by atoms with Gasteiger partial charge in [-0.25, -0.2) is 4.79 Å². The quantitative estimate of drug-likeness (QED) is 0.437. The van der Waals surface area contributed by atoms with Crippen molar-refractivity contribution in [2.24, 2.45) is 5.92 Å². The van der Waals surface area contributed by atoms with Crippen molar-refractivity contribution in [2.45, 2.75) is 50.8 Å². The van der Waals surface area contributed by atoms with Crippen LogP contribution in [0.25, 0.3) is 11.8 Å². The van der Waals surface area contributed by atoms with Gasteiger partial charge >= 0.3 is 5.97 Å². The average molecular weight is 489 g/mol. The number of allylic oxidation sites excluding steroid dienone is 1. The maximum absolute atomic E-state index is 12.6. The molecule has 7 nitrogen and oxygen atoms in total. The molecular formula is C26H32O7S. The highest BCUT2D eigenvalue weighted by Crippen LogP contribution is 2.31. The smallest absolute Gasteiger partial charge is 0.341 e. The summed E-state index contributed by atoms with van der Waals surface area (Å²) in [5.74, 6) is -0.728. The molecule has 0 atom stereocenters. The summed E-state index contributed by atoms with van der Waals surface area (Å²) in [6, 6.07) is 10.2. The second-order valence-electron chi connectivity index (χ2n) is 9.22. The molecule has 0 aliphatic heterocycles. The van der Waals surface area contributed by atoms with Crippen LogP contribution in [0.4, 0.5) is 0 Å². The predicted octanol–water partition coefficient (Wildman–Crippen LogP) is 3.60. The number of carboxylic acids is 1. The van der Waals surface area contributed by atoms with Crippen molar-refractivity contribution in [2.75, 3.05) is 6.61 Å². The van der Waals surface area contributed by atoms with Crippen LogP contribution in [0.3, 0.4) is 0 Å². The van der Waals surface area contributed by atoms with Gasteiger partial charge in [0.15, 0.2) is 6.61 Å². The summed E-state index contributed by atoms with van der Waals surface area (Å²) in [4.78, 5) is 10.4. The summed E-state index contributed by atoms with van der Waals surface area (Å²) in [5.41, 5.74) is 0.467. The highest BCUT2D eigenvalue weighted by molar-refractivity contribution is 7.85. The molecule has 0 amide bonds. The van der Waals surface area contributed by atoms with E-state index < -0.39 is 28.1 Å². The summed E-state index contributed by atoms with van der Waals surface area (Å²) < 4.78 is 40.6. The van der Waals surface area contributed by atoms with Crippen molar-refractivity contribution in [3.8, 4) is 5.75 Å². The van der Waals surface area contributed by atoms with Gasteiger partial charge in [0.2, 0.25) is 0 Å². The molecule has 0 unspecified atom stereocenters. The third-order valence-electron chi connectivity index (χ3n) is 5.30. The summed E-state index contributed by atoms with van der Waals surface area (Å²) in [5, 5.41) is 20.1. The Morgan fingerprint density at radius 1 is 1.12 bits per heavy atom. The van der Waals surface area contributed by atoms with Crippen molar-refractivity contribution in [3.63, 3.8) is 0 Å². The average Bonchev–Trinajstić information content (AvgIpc) is 2.71. The van der Waals surface area contributed by atoms with Crippen LogP contribution >= 0.6 is 0 Å². The largest absolute Gasteiger partial charge is 0.512 e. The molecule has 0 heterocycles. The molecule has 0 saturated carbocycles. The van der Waals surface area contributed by atoms with E-state index in [1.165, 1.54) is 6.08 Å². The van der Waals surface area contributed by atoms with Gasteiger partial charge in [0.25, 0.3) is 10.1 Å². The zero-order valence-electron chi connectivity index (χ0n) is 19.9.